The van der Waals surface area contributed by atoms with Crippen molar-refractivity contribution in [2.24, 2.45) is 0 Å². The van der Waals surface area contributed by atoms with E-state index in [1.54, 1.807) is 24.3 Å². The van der Waals surface area contributed by atoms with Gasteiger partial charge in [0.15, 0.2) is 5.65 Å². The molecule has 0 atom stereocenters. The third-order valence-electron chi connectivity index (χ3n) is 5.63. The lowest BCUT2D eigenvalue weighted by atomic mass is 10.1. The second kappa shape index (κ2) is 9.30. The van der Waals surface area contributed by atoms with Crippen LogP contribution < -0.4 is 16.6 Å². The Morgan fingerprint density at radius 3 is 2.40 bits per heavy atom. The van der Waals surface area contributed by atoms with Crippen LogP contribution in [0.5, 0.6) is 0 Å². The molecule has 0 saturated carbocycles. The number of anilines is 1. The molecule has 5 aromatic rings. The van der Waals surface area contributed by atoms with Crippen molar-refractivity contribution in [3.63, 3.8) is 0 Å². The van der Waals surface area contributed by atoms with Crippen LogP contribution in [0, 0.1) is 0 Å². The van der Waals surface area contributed by atoms with Crippen molar-refractivity contribution in [1.82, 2.24) is 19.1 Å². The summed E-state index contributed by atoms with van der Waals surface area (Å²) in [4.78, 5) is 45.7. The molecule has 9 nitrogen and oxygen atoms in total. The van der Waals surface area contributed by atoms with Gasteiger partial charge in [0.25, 0.3) is 5.56 Å². The molecule has 9 heteroatoms. The molecule has 3 aromatic heterocycles. The fraction of sp³-hybridized carbons (Fsp3) is 0.154. The SMILES string of the molecule is CC(=O)Nc1ccc(Cc2nc3c([nH]2)c(=O)n(Cc2ccccc2)c(=O)n3Cc2ccco2)cc1. The monoisotopic (exact) mass is 469 g/mol. The second-order valence-corrected chi connectivity index (χ2v) is 8.26. The predicted octanol–water partition coefficient (Wildman–Crippen LogP) is 3.13. The minimum absolute atomic E-state index is 0.142. The van der Waals surface area contributed by atoms with Crippen molar-refractivity contribution in [1.29, 1.82) is 0 Å². The van der Waals surface area contributed by atoms with Gasteiger partial charge >= 0.3 is 5.69 Å². The van der Waals surface area contributed by atoms with E-state index in [0.717, 1.165) is 11.1 Å². The van der Waals surface area contributed by atoms with Crippen molar-refractivity contribution >= 4 is 22.8 Å². The second-order valence-electron chi connectivity index (χ2n) is 8.26. The van der Waals surface area contributed by atoms with Crippen LogP contribution in [0.15, 0.2) is 87.0 Å². The van der Waals surface area contributed by atoms with Gasteiger partial charge in [-0.15, -0.1) is 0 Å². The van der Waals surface area contributed by atoms with E-state index in [2.05, 4.69) is 15.3 Å². The fourth-order valence-corrected chi connectivity index (χ4v) is 4.01. The third-order valence-corrected chi connectivity index (χ3v) is 5.63. The molecule has 0 aliphatic rings. The summed E-state index contributed by atoms with van der Waals surface area (Å²) in [5, 5.41) is 2.73. The van der Waals surface area contributed by atoms with E-state index in [4.69, 9.17) is 4.42 Å². The first kappa shape index (κ1) is 22.1. The van der Waals surface area contributed by atoms with Gasteiger partial charge in [-0.25, -0.2) is 9.78 Å². The van der Waals surface area contributed by atoms with Crippen LogP contribution in [0.3, 0.4) is 0 Å². The molecule has 0 fully saturated rings. The van der Waals surface area contributed by atoms with Crippen LogP contribution in [0.1, 0.15) is 29.6 Å². The van der Waals surface area contributed by atoms with Crippen LogP contribution in [0.4, 0.5) is 5.69 Å². The van der Waals surface area contributed by atoms with E-state index in [1.165, 1.54) is 22.3 Å². The molecule has 0 aliphatic carbocycles. The van der Waals surface area contributed by atoms with Gasteiger partial charge in [-0.05, 0) is 35.4 Å². The van der Waals surface area contributed by atoms with Crippen LogP contribution in [0.2, 0.25) is 0 Å². The number of benzene rings is 2. The molecule has 0 aliphatic heterocycles. The molecule has 0 unspecified atom stereocenters. The van der Waals surface area contributed by atoms with Crippen molar-refractivity contribution < 1.29 is 9.21 Å². The lowest BCUT2D eigenvalue weighted by Gasteiger charge is -2.10. The van der Waals surface area contributed by atoms with Crippen LogP contribution >= 0.6 is 0 Å². The van der Waals surface area contributed by atoms with E-state index in [1.807, 2.05) is 42.5 Å². The number of aromatic nitrogens is 4. The van der Waals surface area contributed by atoms with Crippen molar-refractivity contribution in [3.05, 3.63) is 117 Å². The van der Waals surface area contributed by atoms with E-state index in [0.29, 0.717) is 23.7 Å². The predicted molar refractivity (Wildman–Crippen MR) is 132 cm³/mol. The maximum absolute atomic E-state index is 13.4. The van der Waals surface area contributed by atoms with E-state index in [9.17, 15) is 14.4 Å². The molecular weight excluding hydrogens is 446 g/mol. The van der Waals surface area contributed by atoms with Crippen LogP contribution in [0.25, 0.3) is 11.2 Å². The normalized spacial score (nSPS) is 11.1. The Hall–Kier alpha value is -4.66. The maximum Gasteiger partial charge on any atom is 0.333 e. The quantitative estimate of drug-likeness (QED) is 0.380. The number of hydrogen-bond donors (Lipinski definition) is 2. The number of carbonyl (C=O) groups excluding carboxylic acids is 1. The summed E-state index contributed by atoms with van der Waals surface area (Å²) >= 11 is 0. The molecule has 176 valence electrons. The minimum atomic E-state index is -0.458. The average Bonchev–Trinajstić information content (AvgIpc) is 3.51. The third kappa shape index (κ3) is 4.70. The van der Waals surface area contributed by atoms with Gasteiger partial charge < -0.3 is 14.7 Å². The lowest BCUT2D eigenvalue weighted by molar-refractivity contribution is -0.114. The number of fused-ring (bicyclic) bond motifs is 1. The molecule has 2 aromatic carbocycles. The highest BCUT2D eigenvalue weighted by Gasteiger charge is 2.19. The van der Waals surface area contributed by atoms with Gasteiger partial charge in [0.1, 0.15) is 17.1 Å². The molecule has 1 amide bonds. The Morgan fingerprint density at radius 1 is 0.943 bits per heavy atom. The summed E-state index contributed by atoms with van der Waals surface area (Å²) in [6.07, 6.45) is 1.96. The average molecular weight is 470 g/mol. The molecule has 0 saturated heterocycles. The van der Waals surface area contributed by atoms with Gasteiger partial charge in [0.2, 0.25) is 5.91 Å². The zero-order valence-electron chi connectivity index (χ0n) is 19.0. The van der Waals surface area contributed by atoms with E-state index >= 15 is 0 Å². The first-order valence-corrected chi connectivity index (χ1v) is 11.1. The largest absolute Gasteiger partial charge is 0.467 e. The molecule has 3 heterocycles. The molecular formula is C26H23N5O4. The number of H-pyrrole nitrogens is 1. The Balaban J connectivity index is 1.56. The lowest BCUT2D eigenvalue weighted by Crippen LogP contribution is -2.40. The van der Waals surface area contributed by atoms with Crippen molar-refractivity contribution in [2.75, 3.05) is 5.32 Å². The number of aromatic amines is 1. The van der Waals surface area contributed by atoms with Crippen LogP contribution in [-0.4, -0.2) is 25.0 Å². The highest BCUT2D eigenvalue weighted by molar-refractivity contribution is 5.88. The molecule has 5 rings (SSSR count). The van der Waals surface area contributed by atoms with Crippen molar-refractivity contribution in [3.8, 4) is 0 Å². The zero-order valence-corrected chi connectivity index (χ0v) is 19.0. The number of amides is 1. The standard InChI is InChI=1S/C26H23N5O4/c1-17(32)27-20-11-9-18(10-12-20)14-22-28-23-24(29-22)30(16-21-8-5-13-35-21)26(34)31(25(23)33)15-19-6-3-2-4-7-19/h2-13H,14-16H2,1H3,(H,27,32)(H,28,29). The molecule has 0 bridgehead atoms. The number of carbonyl (C=O) groups is 1. The summed E-state index contributed by atoms with van der Waals surface area (Å²) in [6.45, 7) is 1.74. The number of rotatable bonds is 7. The topological polar surface area (TPSA) is 115 Å². The summed E-state index contributed by atoms with van der Waals surface area (Å²) < 4.78 is 8.13. The molecule has 2 N–H and O–H groups in total. The van der Waals surface area contributed by atoms with Crippen molar-refractivity contribution in [2.45, 2.75) is 26.4 Å². The summed E-state index contributed by atoms with van der Waals surface area (Å²) in [7, 11) is 0. The molecule has 0 radical (unpaired) electrons. The zero-order chi connectivity index (χ0) is 24.4. The Kier molecular flexibility index (Phi) is 5.88. The number of furan rings is 1. The number of hydrogen-bond acceptors (Lipinski definition) is 5. The van der Waals surface area contributed by atoms with Gasteiger partial charge in [-0.3, -0.25) is 18.7 Å². The van der Waals surface area contributed by atoms with Gasteiger partial charge in [0, 0.05) is 19.0 Å². The van der Waals surface area contributed by atoms with Crippen LogP contribution in [-0.2, 0) is 24.3 Å². The number of nitrogens with one attached hydrogen (secondary N) is 2. The summed E-state index contributed by atoms with van der Waals surface area (Å²) in [6, 6.07) is 20.2. The smallest absolute Gasteiger partial charge is 0.333 e. The fourth-order valence-electron chi connectivity index (χ4n) is 4.01. The van der Waals surface area contributed by atoms with Gasteiger partial charge in [-0.1, -0.05) is 42.5 Å². The highest BCUT2D eigenvalue weighted by atomic mass is 16.3. The van der Waals surface area contributed by atoms with E-state index in [-0.39, 0.29) is 30.2 Å². The number of imidazole rings is 1. The van der Waals surface area contributed by atoms with E-state index < -0.39 is 11.2 Å². The number of nitrogens with zero attached hydrogens (tertiary/aromatic N) is 3. The maximum atomic E-state index is 13.4. The summed E-state index contributed by atoms with van der Waals surface area (Å²) in [5.41, 5.74) is 2.13. The molecule has 0 spiro atoms. The Labute approximate surface area is 199 Å². The minimum Gasteiger partial charge on any atom is -0.467 e. The Bertz CT molecular complexity index is 1590. The Morgan fingerprint density at radius 2 is 1.71 bits per heavy atom. The summed E-state index contributed by atoms with van der Waals surface area (Å²) in [5.74, 6) is 0.988. The van der Waals surface area contributed by atoms with Gasteiger partial charge in [-0.2, -0.15) is 0 Å². The highest BCUT2D eigenvalue weighted by Crippen LogP contribution is 2.15. The molecule has 35 heavy (non-hydrogen) atoms. The first-order chi connectivity index (χ1) is 17.0. The van der Waals surface area contributed by atoms with Gasteiger partial charge in [0.05, 0.1) is 19.4 Å². The first-order valence-electron chi connectivity index (χ1n) is 11.1.